The highest BCUT2D eigenvalue weighted by atomic mass is 79.9. The minimum absolute atomic E-state index is 0.702. The topological polar surface area (TPSA) is 0 Å². The SMILES string of the molecule is CCC(C)C(CBr)Cc1cccc(Cl)c1. The van der Waals surface area contributed by atoms with Crippen molar-refractivity contribution in [1.29, 1.82) is 0 Å². The molecule has 0 heterocycles. The van der Waals surface area contributed by atoms with Crippen LogP contribution < -0.4 is 0 Å². The molecule has 0 aliphatic rings. The first-order valence-electron chi connectivity index (χ1n) is 5.47. The first kappa shape index (κ1) is 13.1. The fourth-order valence-electron chi connectivity index (χ4n) is 1.71. The van der Waals surface area contributed by atoms with Crippen molar-refractivity contribution < 1.29 is 0 Å². The van der Waals surface area contributed by atoms with Gasteiger partial charge in [-0.15, -0.1) is 0 Å². The monoisotopic (exact) mass is 288 g/mol. The van der Waals surface area contributed by atoms with E-state index in [9.17, 15) is 0 Å². The summed E-state index contributed by atoms with van der Waals surface area (Å²) in [5, 5.41) is 1.90. The summed E-state index contributed by atoms with van der Waals surface area (Å²) in [6, 6.07) is 8.18. The molecule has 0 aliphatic carbocycles. The van der Waals surface area contributed by atoms with E-state index in [0.717, 1.165) is 22.7 Å². The molecule has 0 saturated heterocycles. The van der Waals surface area contributed by atoms with Crippen molar-refractivity contribution in [3.63, 3.8) is 0 Å². The van der Waals surface area contributed by atoms with Crippen LogP contribution in [0.4, 0.5) is 0 Å². The van der Waals surface area contributed by atoms with Gasteiger partial charge in [-0.3, -0.25) is 0 Å². The third-order valence-electron chi connectivity index (χ3n) is 3.03. The molecule has 0 aromatic heterocycles. The molecule has 1 aromatic carbocycles. The van der Waals surface area contributed by atoms with Crippen LogP contribution in [0.2, 0.25) is 5.02 Å². The largest absolute Gasteiger partial charge is 0.0925 e. The Bertz CT molecular complexity index is 298. The van der Waals surface area contributed by atoms with E-state index in [1.165, 1.54) is 12.0 Å². The second-order valence-corrected chi connectivity index (χ2v) is 5.22. The predicted octanol–water partition coefficient (Wildman–Crippen LogP) is 4.94. The van der Waals surface area contributed by atoms with E-state index in [4.69, 9.17) is 11.6 Å². The first-order valence-corrected chi connectivity index (χ1v) is 6.97. The highest BCUT2D eigenvalue weighted by Gasteiger charge is 2.14. The van der Waals surface area contributed by atoms with Crippen LogP contribution in [0.1, 0.15) is 25.8 Å². The molecule has 15 heavy (non-hydrogen) atoms. The van der Waals surface area contributed by atoms with Gasteiger partial charge in [-0.1, -0.05) is 59.9 Å². The minimum atomic E-state index is 0.702. The Kier molecular flexibility index (Phi) is 5.70. The van der Waals surface area contributed by atoms with Gasteiger partial charge >= 0.3 is 0 Å². The van der Waals surface area contributed by atoms with E-state index in [2.05, 4.69) is 41.9 Å². The van der Waals surface area contributed by atoms with E-state index >= 15 is 0 Å². The number of hydrogen-bond acceptors (Lipinski definition) is 0. The Morgan fingerprint density at radius 2 is 2.13 bits per heavy atom. The van der Waals surface area contributed by atoms with Crippen LogP contribution in [-0.2, 0) is 6.42 Å². The maximum atomic E-state index is 5.97. The van der Waals surface area contributed by atoms with Crippen molar-refractivity contribution in [2.45, 2.75) is 26.7 Å². The summed E-state index contributed by atoms with van der Waals surface area (Å²) in [4.78, 5) is 0. The molecule has 2 heteroatoms. The molecule has 0 spiro atoms. The highest BCUT2D eigenvalue weighted by molar-refractivity contribution is 9.09. The molecule has 84 valence electrons. The van der Waals surface area contributed by atoms with Crippen LogP contribution in [0.3, 0.4) is 0 Å². The summed E-state index contributed by atoms with van der Waals surface area (Å²) in [6.07, 6.45) is 2.34. The zero-order chi connectivity index (χ0) is 11.3. The molecule has 0 aliphatic heterocycles. The number of alkyl halides is 1. The fraction of sp³-hybridized carbons (Fsp3) is 0.538. The van der Waals surface area contributed by atoms with Crippen LogP contribution in [0, 0.1) is 11.8 Å². The van der Waals surface area contributed by atoms with Gasteiger partial charge in [0.1, 0.15) is 0 Å². The third kappa shape index (κ3) is 4.16. The lowest BCUT2D eigenvalue weighted by Crippen LogP contribution is -2.15. The first-order chi connectivity index (χ1) is 7.17. The van der Waals surface area contributed by atoms with Gasteiger partial charge in [-0.05, 0) is 36.0 Å². The standard InChI is InChI=1S/C13H18BrCl/c1-3-10(2)12(9-14)7-11-5-4-6-13(15)8-11/h4-6,8,10,12H,3,7,9H2,1-2H3. The average Bonchev–Trinajstić information content (AvgIpc) is 2.25. The average molecular weight is 290 g/mol. The molecule has 2 atom stereocenters. The van der Waals surface area contributed by atoms with E-state index in [-0.39, 0.29) is 0 Å². The molecule has 0 radical (unpaired) electrons. The summed E-state index contributed by atoms with van der Waals surface area (Å²) in [7, 11) is 0. The second-order valence-electron chi connectivity index (χ2n) is 4.13. The molecular formula is C13H18BrCl. The van der Waals surface area contributed by atoms with Crippen molar-refractivity contribution in [3.8, 4) is 0 Å². The van der Waals surface area contributed by atoms with Gasteiger partial charge < -0.3 is 0 Å². The lowest BCUT2D eigenvalue weighted by Gasteiger charge is -2.20. The molecule has 0 amide bonds. The maximum absolute atomic E-state index is 5.97. The van der Waals surface area contributed by atoms with E-state index < -0.39 is 0 Å². The number of benzene rings is 1. The fourth-order valence-corrected chi connectivity index (χ4v) is 2.79. The normalized spacial score (nSPS) is 14.9. The Morgan fingerprint density at radius 1 is 1.40 bits per heavy atom. The quantitative estimate of drug-likeness (QED) is 0.674. The summed E-state index contributed by atoms with van der Waals surface area (Å²) in [5.74, 6) is 1.46. The van der Waals surface area contributed by atoms with Gasteiger partial charge in [0.15, 0.2) is 0 Å². The number of rotatable bonds is 5. The number of halogens is 2. The molecular weight excluding hydrogens is 271 g/mol. The Labute approximate surface area is 106 Å². The lowest BCUT2D eigenvalue weighted by atomic mass is 9.88. The lowest BCUT2D eigenvalue weighted by molar-refractivity contribution is 0.383. The van der Waals surface area contributed by atoms with Crippen molar-refractivity contribution in [3.05, 3.63) is 34.9 Å². The van der Waals surface area contributed by atoms with Gasteiger partial charge in [0.25, 0.3) is 0 Å². The molecule has 0 bridgehead atoms. The van der Waals surface area contributed by atoms with Crippen molar-refractivity contribution in [1.82, 2.24) is 0 Å². The molecule has 0 nitrogen and oxygen atoms in total. The molecule has 0 saturated carbocycles. The van der Waals surface area contributed by atoms with Crippen LogP contribution >= 0.6 is 27.5 Å². The van der Waals surface area contributed by atoms with E-state index in [1.54, 1.807) is 0 Å². The van der Waals surface area contributed by atoms with Crippen LogP contribution in [0.25, 0.3) is 0 Å². The summed E-state index contributed by atoms with van der Waals surface area (Å²) >= 11 is 9.57. The minimum Gasteiger partial charge on any atom is -0.0925 e. The Balaban J connectivity index is 2.66. The summed E-state index contributed by atoms with van der Waals surface area (Å²) < 4.78 is 0. The molecule has 0 N–H and O–H groups in total. The summed E-state index contributed by atoms with van der Waals surface area (Å²) in [6.45, 7) is 4.56. The Hall–Kier alpha value is -0.0100. The number of hydrogen-bond donors (Lipinski definition) is 0. The Morgan fingerprint density at radius 3 is 2.67 bits per heavy atom. The van der Waals surface area contributed by atoms with E-state index in [1.807, 2.05) is 12.1 Å². The molecule has 2 unspecified atom stereocenters. The van der Waals surface area contributed by atoms with Gasteiger partial charge in [-0.25, -0.2) is 0 Å². The van der Waals surface area contributed by atoms with Gasteiger partial charge in [0.2, 0.25) is 0 Å². The van der Waals surface area contributed by atoms with Crippen LogP contribution in [0.15, 0.2) is 24.3 Å². The van der Waals surface area contributed by atoms with E-state index in [0.29, 0.717) is 5.92 Å². The zero-order valence-electron chi connectivity index (χ0n) is 9.34. The van der Waals surface area contributed by atoms with Crippen LogP contribution in [-0.4, -0.2) is 5.33 Å². The van der Waals surface area contributed by atoms with Crippen LogP contribution in [0.5, 0.6) is 0 Å². The molecule has 1 aromatic rings. The summed E-state index contributed by atoms with van der Waals surface area (Å²) in [5.41, 5.74) is 1.34. The van der Waals surface area contributed by atoms with Crippen molar-refractivity contribution in [2.75, 3.05) is 5.33 Å². The smallest absolute Gasteiger partial charge is 0.0408 e. The van der Waals surface area contributed by atoms with Crippen molar-refractivity contribution in [2.24, 2.45) is 11.8 Å². The molecule has 0 fully saturated rings. The van der Waals surface area contributed by atoms with Gasteiger partial charge in [0.05, 0.1) is 0 Å². The highest BCUT2D eigenvalue weighted by Crippen LogP contribution is 2.23. The van der Waals surface area contributed by atoms with Crippen molar-refractivity contribution >= 4 is 27.5 Å². The molecule has 1 rings (SSSR count). The zero-order valence-corrected chi connectivity index (χ0v) is 11.7. The van der Waals surface area contributed by atoms with Gasteiger partial charge in [-0.2, -0.15) is 0 Å². The maximum Gasteiger partial charge on any atom is 0.0408 e. The third-order valence-corrected chi connectivity index (χ3v) is 4.10. The van der Waals surface area contributed by atoms with Gasteiger partial charge in [0, 0.05) is 10.4 Å². The second kappa shape index (κ2) is 6.55. The predicted molar refractivity (Wildman–Crippen MR) is 71.9 cm³/mol.